The van der Waals surface area contributed by atoms with Crippen molar-refractivity contribution in [2.45, 2.75) is 57.7 Å². The van der Waals surface area contributed by atoms with Crippen molar-refractivity contribution in [3.8, 4) is 0 Å². The molecule has 1 unspecified atom stereocenters. The van der Waals surface area contributed by atoms with Gasteiger partial charge in [0.2, 0.25) is 0 Å². The Morgan fingerprint density at radius 2 is 1.68 bits per heavy atom. The number of hydrogen-bond donors (Lipinski definition) is 0. The number of halogens is 3. The monoisotopic (exact) mass is 313 g/mol. The zero-order valence-electron chi connectivity index (χ0n) is 13.2. The summed E-state index contributed by atoms with van der Waals surface area (Å²) in [4.78, 5) is 13.4. The summed E-state index contributed by atoms with van der Waals surface area (Å²) in [6.45, 7) is 6.32. The van der Waals surface area contributed by atoms with E-state index in [0.29, 0.717) is 18.4 Å². The molecule has 122 valence electrons. The number of nitrogens with zero attached hydrogens (tertiary/aromatic N) is 1. The summed E-state index contributed by atoms with van der Waals surface area (Å²) in [5.74, 6) is -0.525. The fourth-order valence-corrected chi connectivity index (χ4v) is 2.79. The summed E-state index contributed by atoms with van der Waals surface area (Å²) >= 11 is 0. The largest absolute Gasteiger partial charge is 0.408 e. The number of piperidine rings is 1. The van der Waals surface area contributed by atoms with Crippen LogP contribution in [0.5, 0.6) is 0 Å². The maximum Gasteiger partial charge on any atom is 0.408 e. The standard InChI is InChI=1S/C17H22F3NO/c1-16(2,3)13-9-7-12(8-10-13)15(22)21-11-5-4-6-14(21)17(18,19)20/h7-10,14H,4-6,11H2,1-3H3. The Bertz CT molecular complexity index is 528. The van der Waals surface area contributed by atoms with E-state index in [2.05, 4.69) is 0 Å². The Morgan fingerprint density at radius 1 is 1.09 bits per heavy atom. The number of benzene rings is 1. The second-order valence-corrected chi connectivity index (χ2v) is 6.88. The van der Waals surface area contributed by atoms with Crippen LogP contribution in [0.2, 0.25) is 0 Å². The van der Waals surface area contributed by atoms with Crippen LogP contribution >= 0.6 is 0 Å². The summed E-state index contributed by atoms with van der Waals surface area (Å²) in [5.41, 5.74) is 1.32. The van der Waals surface area contributed by atoms with Crippen LogP contribution in [0.25, 0.3) is 0 Å². The summed E-state index contributed by atoms with van der Waals surface area (Å²) < 4.78 is 39.3. The molecule has 1 fully saturated rings. The maximum atomic E-state index is 13.1. The molecule has 0 saturated carbocycles. The maximum absolute atomic E-state index is 13.1. The quantitative estimate of drug-likeness (QED) is 0.745. The molecule has 0 radical (unpaired) electrons. The van der Waals surface area contributed by atoms with Crippen molar-refractivity contribution in [1.82, 2.24) is 4.90 Å². The Morgan fingerprint density at radius 3 is 2.18 bits per heavy atom. The van der Waals surface area contributed by atoms with Gasteiger partial charge in [0.25, 0.3) is 5.91 Å². The highest BCUT2D eigenvalue weighted by atomic mass is 19.4. The van der Waals surface area contributed by atoms with Crippen LogP contribution in [-0.4, -0.2) is 29.6 Å². The molecule has 0 aliphatic carbocycles. The Hall–Kier alpha value is -1.52. The lowest BCUT2D eigenvalue weighted by atomic mass is 9.86. The molecule has 1 aliphatic rings. The first-order valence-corrected chi connectivity index (χ1v) is 7.59. The molecule has 0 bridgehead atoms. The van der Waals surface area contributed by atoms with Gasteiger partial charge in [0.15, 0.2) is 0 Å². The molecular weight excluding hydrogens is 291 g/mol. The molecule has 1 aromatic rings. The van der Waals surface area contributed by atoms with E-state index in [-0.39, 0.29) is 18.4 Å². The van der Waals surface area contributed by atoms with Gasteiger partial charge in [-0.3, -0.25) is 4.79 Å². The first-order valence-electron chi connectivity index (χ1n) is 7.59. The average Bonchev–Trinajstić information content (AvgIpc) is 2.45. The zero-order valence-corrected chi connectivity index (χ0v) is 13.2. The minimum Gasteiger partial charge on any atom is -0.327 e. The molecule has 1 atom stereocenters. The molecule has 1 amide bonds. The Kier molecular flexibility index (Phi) is 4.54. The van der Waals surface area contributed by atoms with Crippen LogP contribution in [0, 0.1) is 0 Å². The first-order chi connectivity index (χ1) is 10.1. The predicted octanol–water partition coefficient (Wildman–Crippen LogP) is 4.54. The number of rotatable bonds is 1. The molecule has 1 aliphatic heterocycles. The SMILES string of the molecule is CC(C)(C)c1ccc(C(=O)N2CCCCC2C(F)(F)F)cc1. The van der Waals surface area contributed by atoms with E-state index in [1.54, 1.807) is 12.1 Å². The topological polar surface area (TPSA) is 20.3 Å². The molecule has 5 heteroatoms. The van der Waals surface area contributed by atoms with Gasteiger partial charge in [-0.05, 0) is 42.4 Å². The van der Waals surface area contributed by atoms with Crippen molar-refractivity contribution in [1.29, 1.82) is 0 Å². The number of amides is 1. The molecule has 1 saturated heterocycles. The van der Waals surface area contributed by atoms with Crippen molar-refractivity contribution in [2.24, 2.45) is 0 Å². The van der Waals surface area contributed by atoms with Gasteiger partial charge < -0.3 is 4.90 Å². The first kappa shape index (κ1) is 16.8. The van der Waals surface area contributed by atoms with Crippen LogP contribution in [0.4, 0.5) is 13.2 Å². The lowest BCUT2D eigenvalue weighted by Crippen LogP contribution is -2.51. The molecule has 22 heavy (non-hydrogen) atoms. The molecule has 1 heterocycles. The van der Waals surface area contributed by atoms with Crippen molar-refractivity contribution in [2.75, 3.05) is 6.54 Å². The summed E-state index contributed by atoms with van der Waals surface area (Å²) in [6.07, 6.45) is -3.23. The number of hydrogen-bond acceptors (Lipinski definition) is 1. The number of carbonyl (C=O) groups excluding carboxylic acids is 1. The second kappa shape index (κ2) is 5.94. The lowest BCUT2D eigenvalue weighted by Gasteiger charge is -2.36. The third-order valence-electron chi connectivity index (χ3n) is 4.14. The molecule has 0 aromatic heterocycles. The van der Waals surface area contributed by atoms with Crippen molar-refractivity contribution in [3.05, 3.63) is 35.4 Å². The van der Waals surface area contributed by atoms with Gasteiger partial charge in [-0.2, -0.15) is 13.2 Å². The van der Waals surface area contributed by atoms with Gasteiger partial charge in [-0.1, -0.05) is 32.9 Å². The fourth-order valence-electron chi connectivity index (χ4n) is 2.79. The molecule has 2 rings (SSSR count). The van der Waals surface area contributed by atoms with Gasteiger partial charge >= 0.3 is 6.18 Å². The van der Waals surface area contributed by atoms with E-state index in [1.165, 1.54) is 0 Å². The molecule has 0 N–H and O–H groups in total. The van der Waals surface area contributed by atoms with E-state index in [0.717, 1.165) is 10.5 Å². The fraction of sp³-hybridized carbons (Fsp3) is 0.588. The third kappa shape index (κ3) is 3.62. The smallest absolute Gasteiger partial charge is 0.327 e. The highest BCUT2D eigenvalue weighted by molar-refractivity contribution is 5.94. The van der Waals surface area contributed by atoms with Crippen LogP contribution in [0.1, 0.15) is 56.0 Å². The minimum atomic E-state index is -4.36. The van der Waals surface area contributed by atoms with Gasteiger partial charge in [-0.25, -0.2) is 0 Å². The predicted molar refractivity (Wildman–Crippen MR) is 79.9 cm³/mol. The summed E-state index contributed by atoms with van der Waals surface area (Å²) in [6, 6.07) is 5.24. The highest BCUT2D eigenvalue weighted by Crippen LogP contribution is 2.33. The minimum absolute atomic E-state index is 0.00465. The average molecular weight is 313 g/mol. The van der Waals surface area contributed by atoms with Gasteiger partial charge in [0.1, 0.15) is 6.04 Å². The van der Waals surface area contributed by atoms with E-state index in [9.17, 15) is 18.0 Å². The number of alkyl halides is 3. The zero-order chi connectivity index (χ0) is 16.5. The summed E-state index contributed by atoms with van der Waals surface area (Å²) in [7, 11) is 0. The number of likely N-dealkylation sites (tertiary alicyclic amines) is 1. The van der Waals surface area contributed by atoms with E-state index in [4.69, 9.17) is 0 Å². The molecular formula is C17H22F3NO. The number of carbonyl (C=O) groups is 1. The van der Waals surface area contributed by atoms with E-state index >= 15 is 0 Å². The Balaban J connectivity index is 2.22. The second-order valence-electron chi connectivity index (χ2n) is 6.88. The molecule has 0 spiro atoms. The van der Waals surface area contributed by atoms with E-state index < -0.39 is 18.1 Å². The Labute approximate surface area is 129 Å². The van der Waals surface area contributed by atoms with Gasteiger partial charge in [0.05, 0.1) is 0 Å². The van der Waals surface area contributed by atoms with Crippen LogP contribution in [-0.2, 0) is 5.41 Å². The van der Waals surface area contributed by atoms with E-state index in [1.807, 2.05) is 32.9 Å². The van der Waals surface area contributed by atoms with Crippen LogP contribution in [0.15, 0.2) is 24.3 Å². The lowest BCUT2D eigenvalue weighted by molar-refractivity contribution is -0.183. The van der Waals surface area contributed by atoms with Crippen LogP contribution < -0.4 is 0 Å². The normalized spacial score (nSPS) is 20.1. The van der Waals surface area contributed by atoms with Crippen LogP contribution in [0.3, 0.4) is 0 Å². The van der Waals surface area contributed by atoms with Gasteiger partial charge in [0, 0.05) is 12.1 Å². The summed E-state index contributed by atoms with van der Waals surface area (Å²) in [5, 5.41) is 0. The molecule has 1 aromatic carbocycles. The van der Waals surface area contributed by atoms with Crippen molar-refractivity contribution < 1.29 is 18.0 Å². The highest BCUT2D eigenvalue weighted by Gasteiger charge is 2.46. The van der Waals surface area contributed by atoms with Crippen molar-refractivity contribution in [3.63, 3.8) is 0 Å². The van der Waals surface area contributed by atoms with Gasteiger partial charge in [-0.15, -0.1) is 0 Å². The van der Waals surface area contributed by atoms with Crippen molar-refractivity contribution >= 4 is 5.91 Å². The third-order valence-corrected chi connectivity index (χ3v) is 4.14. The molecule has 2 nitrogen and oxygen atoms in total.